The molecule has 2 nitrogen and oxygen atoms in total. The quantitative estimate of drug-likeness (QED) is 0.646. The van der Waals surface area contributed by atoms with Crippen molar-refractivity contribution >= 4 is 5.91 Å². The first-order chi connectivity index (χ1) is 12.8. The Balaban J connectivity index is 1.46. The van der Waals surface area contributed by atoms with Gasteiger partial charge < -0.3 is 4.90 Å². The number of carbonyl (C=O) groups is 1. The summed E-state index contributed by atoms with van der Waals surface area (Å²) >= 11 is 0. The van der Waals surface area contributed by atoms with Crippen LogP contribution in [-0.4, -0.2) is 23.9 Å². The van der Waals surface area contributed by atoms with Crippen LogP contribution >= 0.6 is 0 Å². The SMILES string of the molecule is O=C(c1ccccc1)N1CCC(C2c3ccccc3-c3ccccc32)C1. The second kappa shape index (κ2) is 6.14. The van der Waals surface area contributed by atoms with E-state index in [2.05, 4.69) is 48.5 Å². The standard InChI is InChI=1S/C24H21NO/c26-24(17-8-2-1-3-9-17)25-15-14-18(16-25)23-21-12-6-4-10-19(21)20-11-5-7-13-22(20)23/h1-13,18,23H,14-16H2. The molecule has 26 heavy (non-hydrogen) atoms. The Kier molecular flexibility index (Phi) is 3.63. The molecule has 1 unspecified atom stereocenters. The van der Waals surface area contributed by atoms with E-state index in [0.717, 1.165) is 25.1 Å². The predicted octanol–water partition coefficient (Wildman–Crippen LogP) is 4.96. The van der Waals surface area contributed by atoms with Crippen molar-refractivity contribution in [1.29, 1.82) is 0 Å². The van der Waals surface area contributed by atoms with Crippen molar-refractivity contribution < 1.29 is 4.79 Å². The Morgan fingerprint density at radius 2 is 1.35 bits per heavy atom. The van der Waals surface area contributed by atoms with Gasteiger partial charge in [0, 0.05) is 24.6 Å². The molecule has 5 rings (SSSR count). The summed E-state index contributed by atoms with van der Waals surface area (Å²) in [5.41, 5.74) is 6.36. The third-order valence-corrected chi connectivity index (χ3v) is 5.89. The van der Waals surface area contributed by atoms with Crippen LogP contribution < -0.4 is 0 Å². The molecule has 1 amide bonds. The molecule has 0 N–H and O–H groups in total. The number of hydrogen-bond acceptors (Lipinski definition) is 1. The summed E-state index contributed by atoms with van der Waals surface area (Å²) in [4.78, 5) is 14.9. The van der Waals surface area contributed by atoms with Gasteiger partial charge in [-0.1, -0.05) is 66.7 Å². The van der Waals surface area contributed by atoms with Gasteiger partial charge in [-0.25, -0.2) is 0 Å². The fourth-order valence-corrected chi connectivity index (χ4v) is 4.71. The highest BCUT2D eigenvalue weighted by molar-refractivity contribution is 5.94. The van der Waals surface area contributed by atoms with Gasteiger partial charge in [-0.15, -0.1) is 0 Å². The number of nitrogens with zero attached hydrogens (tertiary/aromatic N) is 1. The molecule has 1 heterocycles. The fraction of sp³-hybridized carbons (Fsp3) is 0.208. The molecule has 0 spiro atoms. The second-order valence-electron chi connectivity index (χ2n) is 7.32. The molecule has 0 bridgehead atoms. The van der Waals surface area contributed by atoms with Gasteiger partial charge in [-0.05, 0) is 46.7 Å². The molecule has 1 aliphatic carbocycles. The molecule has 1 atom stereocenters. The number of rotatable bonds is 2. The minimum atomic E-state index is 0.160. The van der Waals surface area contributed by atoms with Crippen LogP contribution in [0.4, 0.5) is 0 Å². The predicted molar refractivity (Wildman–Crippen MR) is 104 cm³/mol. The first-order valence-corrected chi connectivity index (χ1v) is 9.35. The summed E-state index contributed by atoms with van der Waals surface area (Å²) in [6.07, 6.45) is 1.06. The van der Waals surface area contributed by atoms with Gasteiger partial charge in [0.25, 0.3) is 5.91 Å². The molecule has 1 aliphatic heterocycles. The monoisotopic (exact) mass is 339 g/mol. The average Bonchev–Trinajstić information content (AvgIpc) is 3.31. The Labute approximate surface area is 154 Å². The van der Waals surface area contributed by atoms with E-state index in [9.17, 15) is 4.79 Å². The summed E-state index contributed by atoms with van der Waals surface area (Å²) in [6, 6.07) is 27.2. The van der Waals surface area contributed by atoms with E-state index in [-0.39, 0.29) is 5.91 Å². The highest BCUT2D eigenvalue weighted by Gasteiger charge is 2.38. The van der Waals surface area contributed by atoms with Crippen LogP contribution in [0.15, 0.2) is 78.9 Å². The lowest BCUT2D eigenvalue weighted by Crippen LogP contribution is -2.29. The highest BCUT2D eigenvalue weighted by Crippen LogP contribution is 2.49. The largest absolute Gasteiger partial charge is 0.338 e. The highest BCUT2D eigenvalue weighted by atomic mass is 16.2. The topological polar surface area (TPSA) is 20.3 Å². The van der Waals surface area contributed by atoms with Crippen molar-refractivity contribution in [3.05, 3.63) is 95.6 Å². The molecule has 0 radical (unpaired) electrons. The molecular weight excluding hydrogens is 318 g/mol. The third kappa shape index (κ3) is 2.37. The van der Waals surface area contributed by atoms with Crippen molar-refractivity contribution in [3.8, 4) is 11.1 Å². The van der Waals surface area contributed by atoms with E-state index < -0.39 is 0 Å². The van der Waals surface area contributed by atoms with E-state index in [1.54, 1.807) is 0 Å². The van der Waals surface area contributed by atoms with Crippen molar-refractivity contribution in [2.45, 2.75) is 12.3 Å². The summed E-state index contributed by atoms with van der Waals surface area (Å²) < 4.78 is 0. The van der Waals surface area contributed by atoms with Crippen LogP contribution in [0.2, 0.25) is 0 Å². The lowest BCUT2D eigenvalue weighted by atomic mass is 9.83. The number of fused-ring (bicyclic) bond motifs is 3. The smallest absolute Gasteiger partial charge is 0.253 e. The molecule has 128 valence electrons. The molecule has 1 fully saturated rings. The van der Waals surface area contributed by atoms with E-state index in [4.69, 9.17) is 0 Å². The third-order valence-electron chi connectivity index (χ3n) is 5.89. The van der Waals surface area contributed by atoms with Crippen molar-refractivity contribution in [2.24, 2.45) is 5.92 Å². The summed E-state index contributed by atoms with van der Waals surface area (Å²) in [6.45, 7) is 1.68. The Morgan fingerprint density at radius 1 is 0.769 bits per heavy atom. The molecule has 1 saturated heterocycles. The molecule has 3 aromatic carbocycles. The number of carbonyl (C=O) groups excluding carboxylic acids is 1. The van der Waals surface area contributed by atoms with E-state index in [1.165, 1.54) is 22.3 Å². The molecular formula is C24H21NO. The van der Waals surface area contributed by atoms with Gasteiger partial charge >= 0.3 is 0 Å². The van der Waals surface area contributed by atoms with Crippen molar-refractivity contribution in [2.75, 3.05) is 13.1 Å². The zero-order valence-electron chi connectivity index (χ0n) is 14.6. The van der Waals surface area contributed by atoms with Gasteiger partial charge in [-0.3, -0.25) is 4.79 Å². The van der Waals surface area contributed by atoms with E-state index >= 15 is 0 Å². The molecule has 0 aromatic heterocycles. The van der Waals surface area contributed by atoms with E-state index in [0.29, 0.717) is 11.8 Å². The van der Waals surface area contributed by atoms with Crippen LogP contribution in [-0.2, 0) is 0 Å². The maximum Gasteiger partial charge on any atom is 0.253 e. The Bertz CT molecular complexity index is 917. The van der Waals surface area contributed by atoms with Crippen LogP contribution in [0, 0.1) is 5.92 Å². The lowest BCUT2D eigenvalue weighted by molar-refractivity contribution is 0.0786. The van der Waals surface area contributed by atoms with E-state index in [1.807, 2.05) is 35.2 Å². The summed E-state index contributed by atoms with van der Waals surface area (Å²) in [5, 5.41) is 0. The van der Waals surface area contributed by atoms with Crippen LogP contribution in [0.1, 0.15) is 33.8 Å². The molecule has 0 saturated carbocycles. The van der Waals surface area contributed by atoms with Crippen LogP contribution in [0.5, 0.6) is 0 Å². The number of hydrogen-bond donors (Lipinski definition) is 0. The minimum Gasteiger partial charge on any atom is -0.338 e. The minimum absolute atomic E-state index is 0.160. The first-order valence-electron chi connectivity index (χ1n) is 9.35. The van der Waals surface area contributed by atoms with Crippen molar-refractivity contribution in [3.63, 3.8) is 0 Å². The molecule has 3 aromatic rings. The van der Waals surface area contributed by atoms with Crippen LogP contribution in [0.25, 0.3) is 11.1 Å². The summed E-state index contributed by atoms with van der Waals surface area (Å²) in [7, 11) is 0. The summed E-state index contributed by atoms with van der Waals surface area (Å²) in [5.74, 6) is 1.04. The Morgan fingerprint density at radius 3 is 2.00 bits per heavy atom. The van der Waals surface area contributed by atoms with Gasteiger partial charge in [0.05, 0.1) is 0 Å². The van der Waals surface area contributed by atoms with Crippen molar-refractivity contribution in [1.82, 2.24) is 4.90 Å². The first kappa shape index (κ1) is 15.4. The maximum atomic E-state index is 12.8. The van der Waals surface area contributed by atoms with Crippen LogP contribution in [0.3, 0.4) is 0 Å². The average molecular weight is 339 g/mol. The molecule has 2 aliphatic rings. The number of likely N-dealkylation sites (tertiary alicyclic amines) is 1. The van der Waals surface area contributed by atoms with Gasteiger partial charge in [0.1, 0.15) is 0 Å². The van der Waals surface area contributed by atoms with Gasteiger partial charge in [0.15, 0.2) is 0 Å². The number of amides is 1. The van der Waals surface area contributed by atoms with Gasteiger partial charge in [-0.2, -0.15) is 0 Å². The number of benzene rings is 3. The Hall–Kier alpha value is -2.87. The fourth-order valence-electron chi connectivity index (χ4n) is 4.71. The normalized spacial score (nSPS) is 18.6. The molecule has 2 heteroatoms. The zero-order valence-corrected chi connectivity index (χ0v) is 14.6. The maximum absolute atomic E-state index is 12.8. The van der Waals surface area contributed by atoms with Gasteiger partial charge in [0.2, 0.25) is 0 Å². The second-order valence-corrected chi connectivity index (χ2v) is 7.32. The lowest BCUT2D eigenvalue weighted by Gasteiger charge is -2.22. The zero-order chi connectivity index (χ0) is 17.5.